The van der Waals surface area contributed by atoms with E-state index >= 15 is 0 Å². The van der Waals surface area contributed by atoms with E-state index in [1.807, 2.05) is 24.3 Å². The van der Waals surface area contributed by atoms with Gasteiger partial charge in [-0.2, -0.15) is 0 Å². The van der Waals surface area contributed by atoms with Crippen LogP contribution in [0, 0.1) is 11.6 Å². The van der Waals surface area contributed by atoms with Gasteiger partial charge in [-0.05, 0) is 17.5 Å². The molecule has 2 aromatic rings. The first kappa shape index (κ1) is 15.0. The SMILES string of the molecule is CCc1ccc(C(Br)c2c(F)cc(OC)cc2F)cc1. The fraction of sp³-hybridized carbons (Fsp3) is 0.250. The van der Waals surface area contributed by atoms with Crippen LogP contribution < -0.4 is 4.74 Å². The van der Waals surface area contributed by atoms with Crippen LogP contribution in [0.15, 0.2) is 36.4 Å². The number of ether oxygens (including phenoxy) is 1. The topological polar surface area (TPSA) is 9.23 Å². The zero-order chi connectivity index (χ0) is 14.7. The molecule has 0 saturated heterocycles. The van der Waals surface area contributed by atoms with Gasteiger partial charge in [-0.25, -0.2) is 8.78 Å². The fourth-order valence-electron chi connectivity index (χ4n) is 2.01. The molecule has 0 N–H and O–H groups in total. The summed E-state index contributed by atoms with van der Waals surface area (Å²) in [4.78, 5) is -0.528. The minimum atomic E-state index is -0.622. The predicted octanol–water partition coefficient (Wildman–Crippen LogP) is 5.02. The first-order valence-electron chi connectivity index (χ1n) is 6.32. The summed E-state index contributed by atoms with van der Waals surface area (Å²) in [6.07, 6.45) is 0.929. The van der Waals surface area contributed by atoms with Crippen LogP contribution in [0.25, 0.3) is 0 Å². The van der Waals surface area contributed by atoms with E-state index in [9.17, 15) is 8.78 Å². The standard InChI is InChI=1S/C16H15BrF2O/c1-3-10-4-6-11(7-5-10)16(17)15-13(18)8-12(20-2)9-14(15)19/h4-9,16H,3H2,1-2H3. The van der Waals surface area contributed by atoms with Gasteiger partial charge in [0.25, 0.3) is 0 Å². The number of methoxy groups -OCH3 is 1. The molecular formula is C16H15BrF2O. The number of hydrogen-bond acceptors (Lipinski definition) is 1. The molecule has 106 valence electrons. The third-order valence-electron chi connectivity index (χ3n) is 3.22. The molecular weight excluding hydrogens is 326 g/mol. The molecule has 0 amide bonds. The summed E-state index contributed by atoms with van der Waals surface area (Å²) in [5, 5.41) is 0. The van der Waals surface area contributed by atoms with E-state index in [4.69, 9.17) is 4.74 Å². The molecule has 0 aliphatic heterocycles. The van der Waals surface area contributed by atoms with E-state index in [1.165, 1.54) is 24.8 Å². The van der Waals surface area contributed by atoms with Crippen LogP contribution in [0.1, 0.15) is 28.4 Å². The van der Waals surface area contributed by atoms with Crippen molar-refractivity contribution in [2.75, 3.05) is 7.11 Å². The van der Waals surface area contributed by atoms with E-state index < -0.39 is 16.5 Å². The summed E-state index contributed by atoms with van der Waals surface area (Å²) in [5.74, 6) is -1.07. The Kier molecular flexibility index (Phi) is 4.76. The van der Waals surface area contributed by atoms with Gasteiger partial charge < -0.3 is 4.74 Å². The summed E-state index contributed by atoms with van der Waals surface area (Å²) < 4.78 is 32.9. The normalized spacial score (nSPS) is 12.2. The summed E-state index contributed by atoms with van der Waals surface area (Å²) in [5.41, 5.74) is 1.99. The number of alkyl halides is 1. The maximum Gasteiger partial charge on any atom is 0.134 e. The highest BCUT2D eigenvalue weighted by Gasteiger charge is 2.20. The number of benzene rings is 2. The van der Waals surface area contributed by atoms with Crippen molar-refractivity contribution in [3.63, 3.8) is 0 Å². The predicted molar refractivity (Wildman–Crippen MR) is 79.5 cm³/mol. The van der Waals surface area contributed by atoms with Gasteiger partial charge in [-0.3, -0.25) is 0 Å². The number of hydrogen-bond donors (Lipinski definition) is 0. The van der Waals surface area contributed by atoms with Crippen LogP contribution >= 0.6 is 15.9 Å². The third kappa shape index (κ3) is 3.01. The Morgan fingerprint density at radius 3 is 2.10 bits per heavy atom. The molecule has 1 atom stereocenters. The molecule has 0 aliphatic carbocycles. The summed E-state index contributed by atoms with van der Waals surface area (Å²) >= 11 is 3.37. The van der Waals surface area contributed by atoms with Crippen LogP contribution in [0.4, 0.5) is 8.78 Å². The maximum absolute atomic E-state index is 14.0. The van der Waals surface area contributed by atoms with Gasteiger partial charge in [0.15, 0.2) is 0 Å². The molecule has 0 bridgehead atoms. The average Bonchev–Trinajstić information content (AvgIpc) is 2.46. The van der Waals surface area contributed by atoms with E-state index in [1.54, 1.807) is 0 Å². The highest BCUT2D eigenvalue weighted by molar-refractivity contribution is 9.09. The molecule has 2 aromatic carbocycles. The number of rotatable bonds is 4. The summed E-state index contributed by atoms with van der Waals surface area (Å²) in [6.45, 7) is 2.06. The Morgan fingerprint density at radius 1 is 1.10 bits per heavy atom. The molecule has 20 heavy (non-hydrogen) atoms. The van der Waals surface area contributed by atoms with Crippen molar-refractivity contribution < 1.29 is 13.5 Å². The van der Waals surface area contributed by atoms with Crippen molar-refractivity contribution in [1.29, 1.82) is 0 Å². The lowest BCUT2D eigenvalue weighted by atomic mass is 10.0. The van der Waals surface area contributed by atoms with Crippen molar-refractivity contribution in [2.45, 2.75) is 18.2 Å². The third-order valence-corrected chi connectivity index (χ3v) is 4.21. The van der Waals surface area contributed by atoms with E-state index in [0.717, 1.165) is 12.0 Å². The van der Waals surface area contributed by atoms with Gasteiger partial charge in [0.05, 0.1) is 11.9 Å². The van der Waals surface area contributed by atoms with E-state index in [0.29, 0.717) is 0 Å². The van der Waals surface area contributed by atoms with Crippen molar-refractivity contribution in [2.24, 2.45) is 0 Å². The molecule has 0 aliphatic rings. The molecule has 0 spiro atoms. The Labute approximate surface area is 125 Å². The second-order valence-corrected chi connectivity index (χ2v) is 5.38. The van der Waals surface area contributed by atoms with E-state index in [2.05, 4.69) is 22.9 Å². The zero-order valence-corrected chi connectivity index (χ0v) is 12.9. The minimum absolute atomic E-state index is 0.00458. The number of halogens is 3. The number of aryl methyl sites for hydroxylation is 1. The van der Waals surface area contributed by atoms with E-state index in [-0.39, 0.29) is 11.3 Å². The fourth-order valence-corrected chi connectivity index (χ4v) is 2.75. The molecule has 2 rings (SSSR count). The van der Waals surface area contributed by atoms with Crippen LogP contribution in [0.3, 0.4) is 0 Å². The quantitative estimate of drug-likeness (QED) is 0.710. The Hall–Kier alpha value is -1.42. The van der Waals surface area contributed by atoms with Crippen molar-refractivity contribution >= 4 is 15.9 Å². The van der Waals surface area contributed by atoms with Crippen molar-refractivity contribution in [3.05, 3.63) is 64.7 Å². The lowest BCUT2D eigenvalue weighted by Gasteiger charge is -2.14. The van der Waals surface area contributed by atoms with Gasteiger partial charge in [-0.1, -0.05) is 47.1 Å². The molecule has 0 heterocycles. The molecule has 1 unspecified atom stereocenters. The van der Waals surface area contributed by atoms with Crippen LogP contribution in [-0.2, 0) is 6.42 Å². The maximum atomic E-state index is 14.0. The molecule has 0 radical (unpaired) electrons. The Morgan fingerprint density at radius 2 is 1.65 bits per heavy atom. The van der Waals surface area contributed by atoms with Crippen LogP contribution in [-0.4, -0.2) is 7.11 Å². The zero-order valence-electron chi connectivity index (χ0n) is 11.3. The summed E-state index contributed by atoms with van der Waals surface area (Å²) in [7, 11) is 1.38. The Bertz CT molecular complexity index is 573. The lowest BCUT2D eigenvalue weighted by molar-refractivity contribution is 0.405. The van der Waals surface area contributed by atoms with Gasteiger partial charge in [0.2, 0.25) is 0 Å². The van der Waals surface area contributed by atoms with Gasteiger partial charge in [0, 0.05) is 17.7 Å². The smallest absolute Gasteiger partial charge is 0.134 e. The molecule has 4 heteroatoms. The first-order valence-corrected chi connectivity index (χ1v) is 7.24. The second kappa shape index (κ2) is 6.35. The average molecular weight is 341 g/mol. The largest absolute Gasteiger partial charge is 0.497 e. The van der Waals surface area contributed by atoms with Gasteiger partial charge in [-0.15, -0.1) is 0 Å². The van der Waals surface area contributed by atoms with Crippen molar-refractivity contribution in [1.82, 2.24) is 0 Å². The summed E-state index contributed by atoms with van der Waals surface area (Å²) in [6, 6.07) is 10.1. The highest BCUT2D eigenvalue weighted by atomic mass is 79.9. The molecule has 0 aromatic heterocycles. The van der Waals surface area contributed by atoms with Crippen LogP contribution in [0.2, 0.25) is 0 Å². The molecule has 0 fully saturated rings. The van der Waals surface area contributed by atoms with Gasteiger partial charge in [0.1, 0.15) is 17.4 Å². The second-order valence-electron chi connectivity index (χ2n) is 4.46. The minimum Gasteiger partial charge on any atom is -0.497 e. The van der Waals surface area contributed by atoms with Crippen molar-refractivity contribution in [3.8, 4) is 5.75 Å². The lowest BCUT2D eigenvalue weighted by Crippen LogP contribution is -2.02. The van der Waals surface area contributed by atoms with Gasteiger partial charge >= 0.3 is 0 Å². The first-order chi connectivity index (χ1) is 9.56. The molecule has 1 nitrogen and oxygen atoms in total. The highest BCUT2D eigenvalue weighted by Crippen LogP contribution is 2.36. The Balaban J connectivity index is 2.39. The van der Waals surface area contributed by atoms with Crippen LogP contribution in [0.5, 0.6) is 5.75 Å². The molecule has 0 saturated carbocycles. The monoisotopic (exact) mass is 340 g/mol.